The quantitative estimate of drug-likeness (QED) is 0.326. The van der Waals surface area contributed by atoms with Crippen LogP contribution in [0.3, 0.4) is 0 Å². The minimum atomic E-state index is 0.121. The van der Waals surface area contributed by atoms with Gasteiger partial charge in [-0.15, -0.1) is 10.2 Å². The summed E-state index contributed by atoms with van der Waals surface area (Å²) in [4.78, 5) is 4.72. The van der Waals surface area contributed by atoms with Crippen LogP contribution in [0.15, 0.2) is 35.3 Å². The van der Waals surface area contributed by atoms with Gasteiger partial charge in [-0.3, -0.25) is 4.99 Å². The topological polar surface area (TPSA) is 76.4 Å². The molecule has 7 heteroatoms. The fraction of sp³-hybridized carbons (Fsp3) is 0.625. The second-order valence-electron chi connectivity index (χ2n) is 8.06. The molecule has 1 unspecified atom stereocenters. The van der Waals surface area contributed by atoms with Crippen molar-refractivity contribution in [3.63, 3.8) is 0 Å². The third-order valence-corrected chi connectivity index (χ3v) is 5.61. The zero-order chi connectivity index (χ0) is 21.7. The molecule has 0 radical (unpaired) electrons. The molecule has 1 aliphatic rings. The van der Waals surface area contributed by atoms with E-state index in [1.165, 1.54) is 24.8 Å². The fourth-order valence-corrected chi connectivity index (χ4v) is 3.86. The van der Waals surface area contributed by atoms with E-state index >= 15 is 0 Å². The van der Waals surface area contributed by atoms with E-state index in [4.69, 9.17) is 9.73 Å². The average molecular weight is 427 g/mol. The maximum atomic E-state index is 5.95. The molecule has 0 fully saturated rings. The van der Waals surface area contributed by atoms with Gasteiger partial charge < -0.3 is 19.9 Å². The van der Waals surface area contributed by atoms with Gasteiger partial charge in [-0.2, -0.15) is 0 Å². The van der Waals surface area contributed by atoms with E-state index < -0.39 is 0 Å². The van der Waals surface area contributed by atoms with E-state index in [1.54, 1.807) is 0 Å². The number of rotatable bonds is 11. The molecule has 2 N–H and O–H groups in total. The minimum Gasteiger partial charge on any atom is -0.374 e. The van der Waals surface area contributed by atoms with Crippen LogP contribution in [0.5, 0.6) is 0 Å². The molecule has 31 heavy (non-hydrogen) atoms. The number of hydrogen-bond acceptors (Lipinski definition) is 4. The molecule has 1 aromatic carbocycles. The molecule has 0 spiro atoms. The molecule has 0 aliphatic carbocycles. The van der Waals surface area contributed by atoms with E-state index in [0.717, 1.165) is 76.1 Å². The van der Waals surface area contributed by atoms with Crippen molar-refractivity contribution in [1.82, 2.24) is 25.4 Å². The van der Waals surface area contributed by atoms with Gasteiger partial charge in [0.05, 0.1) is 6.10 Å². The van der Waals surface area contributed by atoms with E-state index in [1.807, 2.05) is 6.07 Å². The number of aliphatic imine (C=N–C) groups is 1. The summed E-state index contributed by atoms with van der Waals surface area (Å²) in [5.41, 5.74) is 1.22. The first-order valence-corrected chi connectivity index (χ1v) is 11.9. The molecule has 0 amide bonds. The van der Waals surface area contributed by atoms with Gasteiger partial charge in [-0.25, -0.2) is 0 Å². The van der Waals surface area contributed by atoms with Crippen LogP contribution < -0.4 is 10.6 Å². The highest BCUT2D eigenvalue weighted by molar-refractivity contribution is 5.79. The van der Waals surface area contributed by atoms with Crippen molar-refractivity contribution in [2.45, 2.75) is 71.4 Å². The highest BCUT2D eigenvalue weighted by Gasteiger charge is 2.14. The lowest BCUT2D eigenvalue weighted by Gasteiger charge is -2.14. The van der Waals surface area contributed by atoms with Crippen molar-refractivity contribution in [2.24, 2.45) is 4.99 Å². The maximum Gasteiger partial charge on any atom is 0.191 e. The number of nitrogens with one attached hydrogen (secondary N) is 2. The molecule has 0 saturated heterocycles. The Morgan fingerprint density at radius 1 is 1.13 bits per heavy atom. The summed E-state index contributed by atoms with van der Waals surface area (Å²) in [6, 6.07) is 10.3. The van der Waals surface area contributed by atoms with Gasteiger partial charge in [-0.1, -0.05) is 36.8 Å². The molecule has 2 heterocycles. The van der Waals surface area contributed by atoms with Gasteiger partial charge in [0.2, 0.25) is 0 Å². The van der Waals surface area contributed by atoms with Gasteiger partial charge in [0.1, 0.15) is 11.6 Å². The minimum absolute atomic E-state index is 0.121. The van der Waals surface area contributed by atoms with Crippen LogP contribution >= 0.6 is 0 Å². The van der Waals surface area contributed by atoms with Gasteiger partial charge in [0.15, 0.2) is 5.96 Å². The van der Waals surface area contributed by atoms with E-state index in [0.29, 0.717) is 0 Å². The Kier molecular flexibility index (Phi) is 9.83. The second-order valence-corrected chi connectivity index (χ2v) is 8.06. The number of ether oxygens (including phenoxy) is 1. The van der Waals surface area contributed by atoms with Crippen molar-refractivity contribution in [2.75, 3.05) is 26.2 Å². The predicted molar refractivity (Wildman–Crippen MR) is 125 cm³/mol. The molecule has 0 bridgehead atoms. The number of benzene rings is 1. The first kappa shape index (κ1) is 23.3. The number of fused-ring (bicyclic) bond motifs is 1. The number of aryl methyl sites for hydroxylation is 2. The summed E-state index contributed by atoms with van der Waals surface area (Å²) >= 11 is 0. The number of aromatic nitrogens is 3. The summed E-state index contributed by atoms with van der Waals surface area (Å²) in [5.74, 6) is 3.16. The number of nitrogens with zero attached hydrogens (tertiary/aromatic N) is 4. The molecule has 7 nitrogen and oxygen atoms in total. The Bertz CT molecular complexity index is 789. The van der Waals surface area contributed by atoms with Crippen molar-refractivity contribution in [3.8, 4) is 0 Å². The Morgan fingerprint density at radius 2 is 2.00 bits per heavy atom. The molecule has 1 atom stereocenters. The first-order valence-electron chi connectivity index (χ1n) is 11.9. The van der Waals surface area contributed by atoms with Gasteiger partial charge >= 0.3 is 0 Å². The molecule has 1 aliphatic heterocycles. The van der Waals surface area contributed by atoms with Crippen LogP contribution in [0.4, 0.5) is 0 Å². The van der Waals surface area contributed by atoms with Crippen LogP contribution in [-0.2, 0) is 24.1 Å². The predicted octanol–water partition coefficient (Wildman–Crippen LogP) is 3.66. The van der Waals surface area contributed by atoms with E-state index in [9.17, 15) is 0 Å². The number of guanidine groups is 1. The Labute approximate surface area is 186 Å². The third-order valence-electron chi connectivity index (χ3n) is 5.61. The van der Waals surface area contributed by atoms with Crippen molar-refractivity contribution in [1.29, 1.82) is 0 Å². The van der Waals surface area contributed by atoms with Gasteiger partial charge in [0.25, 0.3) is 0 Å². The summed E-state index contributed by atoms with van der Waals surface area (Å²) in [6.07, 6.45) is 7.79. The summed E-state index contributed by atoms with van der Waals surface area (Å²) in [7, 11) is 0. The Hall–Kier alpha value is -2.41. The highest BCUT2D eigenvalue weighted by Crippen LogP contribution is 2.16. The SMILES string of the molecule is CCNC(=NCCCc1nnc2n1CCCCC2)NCCCOC(C)c1ccccc1. The molecule has 0 saturated carbocycles. The lowest BCUT2D eigenvalue weighted by molar-refractivity contribution is 0.0646. The molecular formula is C24H38N6O. The van der Waals surface area contributed by atoms with Gasteiger partial charge in [0, 0.05) is 45.6 Å². The molecule has 170 valence electrons. The van der Waals surface area contributed by atoms with Gasteiger partial charge in [-0.05, 0) is 45.1 Å². The van der Waals surface area contributed by atoms with E-state index in [-0.39, 0.29) is 6.10 Å². The average Bonchev–Trinajstić information content (AvgIpc) is 3.02. The second kappa shape index (κ2) is 13.1. The lowest BCUT2D eigenvalue weighted by Crippen LogP contribution is -2.38. The van der Waals surface area contributed by atoms with E-state index in [2.05, 4.69) is 63.5 Å². The largest absolute Gasteiger partial charge is 0.374 e. The van der Waals surface area contributed by atoms with Crippen LogP contribution in [0, 0.1) is 0 Å². The molecule has 2 aromatic rings. The standard InChI is InChI=1S/C24H38N6O/c1-3-25-24(27-17-11-19-31-20(2)21-12-6-4-7-13-21)26-16-10-15-23-29-28-22-14-8-5-9-18-30(22)23/h4,6-7,12-13,20H,3,5,8-11,14-19H2,1-2H3,(H2,25,26,27). The normalized spacial score (nSPS) is 15.2. The number of hydrogen-bond donors (Lipinski definition) is 2. The zero-order valence-electron chi connectivity index (χ0n) is 19.1. The lowest BCUT2D eigenvalue weighted by atomic mass is 10.1. The van der Waals surface area contributed by atoms with Crippen molar-refractivity contribution >= 4 is 5.96 Å². The fourth-order valence-electron chi connectivity index (χ4n) is 3.86. The smallest absolute Gasteiger partial charge is 0.191 e. The van der Waals surface area contributed by atoms with Crippen LogP contribution in [0.1, 0.15) is 69.3 Å². The van der Waals surface area contributed by atoms with Crippen LogP contribution in [-0.4, -0.2) is 47.0 Å². The Balaban J connectivity index is 1.35. The summed E-state index contributed by atoms with van der Waals surface area (Å²) in [6.45, 7) is 8.45. The van der Waals surface area contributed by atoms with Crippen LogP contribution in [0.25, 0.3) is 0 Å². The third kappa shape index (κ3) is 7.65. The molecule has 1 aromatic heterocycles. The maximum absolute atomic E-state index is 5.95. The summed E-state index contributed by atoms with van der Waals surface area (Å²) < 4.78 is 8.28. The molecular weight excluding hydrogens is 388 g/mol. The zero-order valence-corrected chi connectivity index (χ0v) is 19.1. The van der Waals surface area contributed by atoms with Crippen LogP contribution in [0.2, 0.25) is 0 Å². The Morgan fingerprint density at radius 3 is 2.84 bits per heavy atom. The molecule has 3 rings (SSSR count). The summed E-state index contributed by atoms with van der Waals surface area (Å²) in [5, 5.41) is 15.5. The first-order chi connectivity index (χ1) is 15.3. The van der Waals surface area contributed by atoms with Crippen molar-refractivity contribution in [3.05, 3.63) is 47.5 Å². The van der Waals surface area contributed by atoms with Crippen molar-refractivity contribution < 1.29 is 4.74 Å². The highest BCUT2D eigenvalue weighted by atomic mass is 16.5. The monoisotopic (exact) mass is 426 g/mol.